The zero-order chi connectivity index (χ0) is 38.2. The summed E-state index contributed by atoms with van der Waals surface area (Å²) in [5.74, 6) is -0.129. The van der Waals surface area contributed by atoms with Crippen molar-refractivity contribution in [3.05, 3.63) is 0 Å². The third-order valence-electron chi connectivity index (χ3n) is 8.97. The van der Waals surface area contributed by atoms with E-state index in [2.05, 4.69) is 13.8 Å². The molecule has 0 heterocycles. The molecule has 0 aromatic rings. The number of ether oxygens (including phenoxy) is 9. The first-order chi connectivity index (χ1) is 26.3. The second-order valence-electron chi connectivity index (χ2n) is 13.9. The van der Waals surface area contributed by atoms with E-state index in [0.29, 0.717) is 112 Å². The summed E-state index contributed by atoms with van der Waals surface area (Å²) in [6.07, 6.45) is 29.4. The first-order valence-electron chi connectivity index (χ1n) is 22.1. The van der Waals surface area contributed by atoms with Gasteiger partial charge in [0, 0.05) is 13.0 Å². The SMILES string of the molecule is CCCCCCCCCCCCCCCOCCOCCOCCOCCOCCOCCOCCOCCOC(=O)CCCCCCCCCCC. The quantitative estimate of drug-likeness (QED) is 0.0440. The van der Waals surface area contributed by atoms with Gasteiger partial charge in [0.15, 0.2) is 0 Å². The maximum absolute atomic E-state index is 11.8. The van der Waals surface area contributed by atoms with Gasteiger partial charge in [0.25, 0.3) is 0 Å². The van der Waals surface area contributed by atoms with Crippen molar-refractivity contribution in [2.24, 2.45) is 0 Å². The monoisotopic (exact) mass is 763 g/mol. The van der Waals surface area contributed by atoms with Gasteiger partial charge in [-0.2, -0.15) is 0 Å². The summed E-state index contributed by atoms with van der Waals surface area (Å²) in [6.45, 7) is 13.5. The maximum atomic E-state index is 11.8. The van der Waals surface area contributed by atoms with Crippen molar-refractivity contribution in [1.82, 2.24) is 0 Å². The number of rotatable bonds is 48. The molecule has 0 saturated carbocycles. The van der Waals surface area contributed by atoms with Gasteiger partial charge in [0.2, 0.25) is 0 Å². The largest absolute Gasteiger partial charge is 0.463 e. The molecule has 0 bridgehead atoms. The molecule has 0 amide bonds. The van der Waals surface area contributed by atoms with E-state index in [1.807, 2.05) is 0 Å². The molecule has 0 aliphatic rings. The van der Waals surface area contributed by atoms with Crippen LogP contribution in [0.15, 0.2) is 0 Å². The Morgan fingerprint density at radius 2 is 0.491 bits per heavy atom. The van der Waals surface area contributed by atoms with Gasteiger partial charge < -0.3 is 42.6 Å². The maximum Gasteiger partial charge on any atom is 0.305 e. The third-order valence-corrected chi connectivity index (χ3v) is 8.97. The molecule has 318 valence electrons. The zero-order valence-electron chi connectivity index (χ0n) is 34.9. The van der Waals surface area contributed by atoms with Crippen LogP contribution in [0.4, 0.5) is 0 Å². The van der Waals surface area contributed by atoms with Gasteiger partial charge in [-0.15, -0.1) is 0 Å². The normalized spacial score (nSPS) is 11.5. The van der Waals surface area contributed by atoms with Crippen molar-refractivity contribution in [3.63, 3.8) is 0 Å². The minimum Gasteiger partial charge on any atom is -0.463 e. The summed E-state index contributed by atoms with van der Waals surface area (Å²) in [5.41, 5.74) is 0. The molecule has 0 aromatic carbocycles. The summed E-state index contributed by atoms with van der Waals surface area (Å²) in [5, 5.41) is 0. The number of carbonyl (C=O) groups is 1. The topological polar surface area (TPSA) is 100 Å². The van der Waals surface area contributed by atoms with Crippen LogP contribution in [0, 0.1) is 0 Å². The summed E-state index contributed by atoms with van der Waals surface area (Å²) in [6, 6.07) is 0. The van der Waals surface area contributed by atoms with E-state index < -0.39 is 0 Å². The number of unbranched alkanes of at least 4 members (excludes halogenated alkanes) is 20. The molecule has 53 heavy (non-hydrogen) atoms. The van der Waals surface area contributed by atoms with Gasteiger partial charge in [-0.05, 0) is 12.8 Å². The van der Waals surface area contributed by atoms with E-state index in [9.17, 15) is 4.79 Å². The van der Waals surface area contributed by atoms with Gasteiger partial charge >= 0.3 is 5.97 Å². The molecule has 0 fully saturated rings. The predicted octanol–water partition coefficient (Wildman–Crippen LogP) is 9.67. The van der Waals surface area contributed by atoms with Crippen LogP contribution in [0.25, 0.3) is 0 Å². The van der Waals surface area contributed by atoms with Gasteiger partial charge in [-0.25, -0.2) is 0 Å². The molecule has 0 atom stereocenters. The Balaban J connectivity index is 3.10. The molecule has 10 nitrogen and oxygen atoms in total. The third kappa shape index (κ3) is 49.1. The van der Waals surface area contributed by atoms with Crippen molar-refractivity contribution in [1.29, 1.82) is 0 Å². The summed E-state index contributed by atoms with van der Waals surface area (Å²) in [4.78, 5) is 11.8. The predicted molar refractivity (Wildman–Crippen MR) is 215 cm³/mol. The summed E-state index contributed by atoms with van der Waals surface area (Å²) in [7, 11) is 0. The Kier molecular flexibility index (Phi) is 48.4. The van der Waals surface area contributed by atoms with Crippen molar-refractivity contribution in [2.45, 2.75) is 162 Å². The fraction of sp³-hybridized carbons (Fsp3) is 0.977. The highest BCUT2D eigenvalue weighted by Crippen LogP contribution is 2.13. The average molecular weight is 763 g/mol. The Morgan fingerprint density at radius 3 is 0.792 bits per heavy atom. The van der Waals surface area contributed by atoms with E-state index in [-0.39, 0.29) is 5.97 Å². The van der Waals surface area contributed by atoms with Crippen LogP contribution in [0.2, 0.25) is 0 Å². The van der Waals surface area contributed by atoms with Crippen LogP contribution in [-0.2, 0) is 47.4 Å². The van der Waals surface area contributed by atoms with Crippen LogP contribution >= 0.6 is 0 Å². The van der Waals surface area contributed by atoms with E-state index >= 15 is 0 Å². The molecule has 0 aliphatic carbocycles. The fourth-order valence-corrected chi connectivity index (χ4v) is 5.73. The van der Waals surface area contributed by atoms with Crippen LogP contribution < -0.4 is 0 Å². The van der Waals surface area contributed by atoms with Crippen LogP contribution in [0.3, 0.4) is 0 Å². The Hall–Kier alpha value is -0.850. The number of carbonyl (C=O) groups excluding carboxylic acids is 1. The van der Waals surface area contributed by atoms with Crippen LogP contribution in [-0.4, -0.2) is 118 Å². The lowest BCUT2D eigenvalue weighted by Gasteiger charge is -2.09. The molecule has 0 aromatic heterocycles. The lowest BCUT2D eigenvalue weighted by atomic mass is 10.0. The number of hydrogen-bond acceptors (Lipinski definition) is 10. The Labute approximate surface area is 326 Å². The molecule has 0 N–H and O–H groups in total. The number of esters is 1. The molecule has 10 heteroatoms. The summed E-state index contributed by atoms with van der Waals surface area (Å²) < 4.78 is 49.5. The second-order valence-corrected chi connectivity index (χ2v) is 13.9. The molecule has 0 spiro atoms. The molecular weight excluding hydrogens is 676 g/mol. The second kappa shape index (κ2) is 49.2. The highest BCUT2D eigenvalue weighted by molar-refractivity contribution is 5.69. The Bertz CT molecular complexity index is 669. The molecule has 0 radical (unpaired) electrons. The van der Waals surface area contributed by atoms with Gasteiger partial charge in [-0.1, -0.05) is 142 Å². The van der Waals surface area contributed by atoms with Gasteiger partial charge in [0.05, 0.1) is 99.1 Å². The Morgan fingerprint density at radius 1 is 0.264 bits per heavy atom. The molecule has 0 saturated heterocycles. The minimum atomic E-state index is -0.129. The lowest BCUT2D eigenvalue weighted by molar-refractivity contribution is -0.145. The van der Waals surface area contributed by atoms with E-state index in [1.54, 1.807) is 0 Å². The molecule has 0 unspecified atom stereocenters. The minimum absolute atomic E-state index is 0.129. The lowest BCUT2D eigenvalue weighted by Crippen LogP contribution is -2.15. The van der Waals surface area contributed by atoms with E-state index in [4.69, 9.17) is 42.6 Å². The van der Waals surface area contributed by atoms with Crippen molar-refractivity contribution >= 4 is 5.97 Å². The van der Waals surface area contributed by atoms with E-state index in [0.717, 1.165) is 25.9 Å². The zero-order valence-corrected chi connectivity index (χ0v) is 34.9. The van der Waals surface area contributed by atoms with Crippen molar-refractivity contribution < 1.29 is 47.4 Å². The van der Waals surface area contributed by atoms with Gasteiger partial charge in [0.1, 0.15) is 6.61 Å². The standard InChI is InChI=1S/C43H86O10/c1-3-5-7-9-11-13-14-15-16-18-20-22-24-26-45-27-28-46-29-30-47-31-32-48-33-34-49-35-36-50-37-38-51-39-40-52-41-42-53-43(44)25-23-21-19-17-12-10-8-6-4-2/h3-42H2,1-2H3. The summed E-state index contributed by atoms with van der Waals surface area (Å²) >= 11 is 0. The van der Waals surface area contributed by atoms with Gasteiger partial charge in [-0.3, -0.25) is 4.79 Å². The van der Waals surface area contributed by atoms with Crippen molar-refractivity contribution in [2.75, 3.05) is 112 Å². The molecule has 0 rings (SSSR count). The van der Waals surface area contributed by atoms with Crippen LogP contribution in [0.5, 0.6) is 0 Å². The molecule has 0 aliphatic heterocycles. The highest BCUT2D eigenvalue weighted by Gasteiger charge is 2.03. The van der Waals surface area contributed by atoms with E-state index in [1.165, 1.54) is 122 Å². The molecular formula is C43H86O10. The smallest absolute Gasteiger partial charge is 0.305 e. The number of hydrogen-bond donors (Lipinski definition) is 0. The highest BCUT2D eigenvalue weighted by atomic mass is 16.6. The van der Waals surface area contributed by atoms with Crippen LogP contribution in [0.1, 0.15) is 162 Å². The first-order valence-corrected chi connectivity index (χ1v) is 22.1. The average Bonchev–Trinajstić information content (AvgIpc) is 3.16. The first kappa shape index (κ1) is 52.2. The fourth-order valence-electron chi connectivity index (χ4n) is 5.73. The van der Waals surface area contributed by atoms with Crippen molar-refractivity contribution in [3.8, 4) is 0 Å².